The lowest BCUT2D eigenvalue weighted by atomic mass is 9.94. The van der Waals surface area contributed by atoms with Gasteiger partial charge in [-0.3, -0.25) is 14.4 Å². The van der Waals surface area contributed by atoms with Crippen LogP contribution in [0.4, 0.5) is 0 Å². The number of rotatable bonds is 3. The van der Waals surface area contributed by atoms with Crippen LogP contribution < -0.4 is 14.8 Å². The van der Waals surface area contributed by atoms with E-state index >= 15 is 0 Å². The third-order valence-corrected chi connectivity index (χ3v) is 6.65. The fourth-order valence-corrected chi connectivity index (χ4v) is 4.71. The molecule has 0 aromatic heterocycles. The number of likely N-dealkylation sites (tertiary alicyclic amines) is 2. The number of hydrogen-bond acceptors (Lipinski definition) is 5. The molecule has 2 fully saturated rings. The summed E-state index contributed by atoms with van der Waals surface area (Å²) in [5.74, 6) is 1.35. The van der Waals surface area contributed by atoms with Crippen molar-refractivity contribution in [3.05, 3.63) is 23.8 Å². The maximum absolute atomic E-state index is 12.8. The zero-order chi connectivity index (χ0) is 22.0. The van der Waals surface area contributed by atoms with Crippen molar-refractivity contribution in [3.63, 3.8) is 0 Å². The first-order valence-corrected chi connectivity index (χ1v) is 11.1. The Bertz CT molecular complexity index is 873. The van der Waals surface area contributed by atoms with Gasteiger partial charge in [0.2, 0.25) is 11.8 Å². The fraction of sp³-hybridized carbons (Fsp3) is 0.609. The lowest BCUT2D eigenvalue weighted by Gasteiger charge is -2.33. The average molecular weight is 430 g/mol. The molecule has 8 nitrogen and oxygen atoms in total. The number of benzene rings is 1. The van der Waals surface area contributed by atoms with Crippen molar-refractivity contribution in [2.24, 2.45) is 5.92 Å². The largest absolute Gasteiger partial charge is 0.497 e. The van der Waals surface area contributed by atoms with E-state index in [0.717, 1.165) is 25.9 Å². The maximum atomic E-state index is 12.8. The zero-order valence-corrected chi connectivity index (χ0v) is 18.3. The standard InChI is InChI=1S/C23H31N3O5/c1-16-4-3-10-25(13-16)21(28)14-26-11-9-23(8-7-20(26)27)15-24-22(29)18-6-5-17(30-2)12-19(18)31-23/h5-6,12,16H,3-4,7-11,13-15H2,1-2H3,(H,24,29). The van der Waals surface area contributed by atoms with Crippen LogP contribution in [-0.4, -0.2) is 73.0 Å². The van der Waals surface area contributed by atoms with Crippen molar-refractivity contribution in [2.75, 3.05) is 39.8 Å². The Morgan fingerprint density at radius 2 is 2.13 bits per heavy atom. The maximum Gasteiger partial charge on any atom is 0.255 e. The van der Waals surface area contributed by atoms with Crippen LogP contribution in [0.2, 0.25) is 0 Å². The summed E-state index contributed by atoms with van der Waals surface area (Å²) >= 11 is 0. The predicted molar refractivity (Wildman–Crippen MR) is 114 cm³/mol. The van der Waals surface area contributed by atoms with Gasteiger partial charge in [0.05, 0.1) is 25.8 Å². The molecule has 0 aliphatic carbocycles. The average Bonchev–Trinajstić information content (AvgIpc) is 3.00. The van der Waals surface area contributed by atoms with Gasteiger partial charge in [-0.05, 0) is 37.3 Å². The normalized spacial score (nSPS) is 26.5. The lowest BCUT2D eigenvalue weighted by molar-refractivity contribution is -0.141. The Kier molecular flexibility index (Phi) is 6.07. The molecule has 0 radical (unpaired) electrons. The second-order valence-electron chi connectivity index (χ2n) is 8.98. The van der Waals surface area contributed by atoms with E-state index in [1.54, 1.807) is 30.2 Å². The minimum Gasteiger partial charge on any atom is -0.497 e. The molecule has 168 valence electrons. The van der Waals surface area contributed by atoms with E-state index in [0.29, 0.717) is 48.9 Å². The second-order valence-corrected chi connectivity index (χ2v) is 8.98. The Balaban J connectivity index is 1.47. The van der Waals surface area contributed by atoms with Gasteiger partial charge < -0.3 is 24.6 Å². The molecule has 2 unspecified atom stereocenters. The minimum absolute atomic E-state index is 0.0148. The predicted octanol–water partition coefficient (Wildman–Crippen LogP) is 1.83. The molecule has 1 aromatic rings. The molecule has 31 heavy (non-hydrogen) atoms. The molecule has 0 saturated carbocycles. The van der Waals surface area contributed by atoms with E-state index < -0.39 is 5.60 Å². The van der Waals surface area contributed by atoms with Gasteiger partial charge in [0.1, 0.15) is 17.1 Å². The van der Waals surface area contributed by atoms with Gasteiger partial charge in [0.25, 0.3) is 5.91 Å². The molecular weight excluding hydrogens is 398 g/mol. The van der Waals surface area contributed by atoms with E-state index in [4.69, 9.17) is 9.47 Å². The van der Waals surface area contributed by atoms with Crippen LogP contribution in [-0.2, 0) is 9.59 Å². The third-order valence-electron chi connectivity index (χ3n) is 6.65. The first kappa shape index (κ1) is 21.5. The molecule has 1 spiro atoms. The second kappa shape index (κ2) is 8.77. The van der Waals surface area contributed by atoms with Crippen LogP contribution in [0.3, 0.4) is 0 Å². The molecule has 3 amide bonds. The molecule has 3 aliphatic rings. The first-order chi connectivity index (χ1) is 14.9. The topological polar surface area (TPSA) is 88.2 Å². The monoisotopic (exact) mass is 429 g/mol. The van der Waals surface area contributed by atoms with E-state index in [2.05, 4.69) is 12.2 Å². The van der Waals surface area contributed by atoms with Crippen molar-refractivity contribution < 1.29 is 23.9 Å². The molecule has 8 heteroatoms. The van der Waals surface area contributed by atoms with Gasteiger partial charge in [-0.2, -0.15) is 0 Å². The number of methoxy groups -OCH3 is 1. The van der Waals surface area contributed by atoms with Crippen molar-refractivity contribution in [2.45, 2.75) is 44.6 Å². The van der Waals surface area contributed by atoms with Crippen molar-refractivity contribution >= 4 is 17.7 Å². The highest BCUT2D eigenvalue weighted by Crippen LogP contribution is 2.35. The van der Waals surface area contributed by atoms with Crippen LogP contribution >= 0.6 is 0 Å². The summed E-state index contributed by atoms with van der Waals surface area (Å²) in [6.45, 7) is 4.54. The summed E-state index contributed by atoms with van der Waals surface area (Å²) in [5, 5.41) is 2.94. The summed E-state index contributed by atoms with van der Waals surface area (Å²) in [6.07, 6.45) is 3.46. The van der Waals surface area contributed by atoms with Gasteiger partial charge in [-0.1, -0.05) is 6.92 Å². The highest BCUT2D eigenvalue weighted by molar-refractivity contribution is 5.97. The van der Waals surface area contributed by atoms with Crippen LogP contribution in [0.15, 0.2) is 18.2 Å². The number of carbonyl (C=O) groups is 3. The number of ether oxygens (including phenoxy) is 2. The van der Waals surface area contributed by atoms with Gasteiger partial charge in [-0.25, -0.2) is 0 Å². The Morgan fingerprint density at radius 1 is 1.29 bits per heavy atom. The number of nitrogens with one attached hydrogen (secondary N) is 1. The molecule has 2 saturated heterocycles. The first-order valence-electron chi connectivity index (χ1n) is 11.1. The van der Waals surface area contributed by atoms with Gasteiger partial charge >= 0.3 is 0 Å². The van der Waals surface area contributed by atoms with Crippen LogP contribution in [0.5, 0.6) is 11.5 Å². The molecule has 1 N–H and O–H groups in total. The van der Waals surface area contributed by atoms with E-state index in [1.807, 2.05) is 4.90 Å². The summed E-state index contributed by atoms with van der Waals surface area (Å²) in [5.41, 5.74) is -0.236. The van der Waals surface area contributed by atoms with Crippen LogP contribution in [0.1, 0.15) is 49.4 Å². The van der Waals surface area contributed by atoms with E-state index in [-0.39, 0.29) is 30.7 Å². The van der Waals surface area contributed by atoms with Crippen molar-refractivity contribution in [1.82, 2.24) is 15.1 Å². The Morgan fingerprint density at radius 3 is 2.90 bits per heavy atom. The summed E-state index contributed by atoms with van der Waals surface area (Å²) < 4.78 is 11.7. The smallest absolute Gasteiger partial charge is 0.255 e. The molecule has 2 atom stereocenters. The minimum atomic E-state index is -0.694. The summed E-state index contributed by atoms with van der Waals surface area (Å²) in [7, 11) is 1.57. The molecule has 1 aromatic carbocycles. The van der Waals surface area contributed by atoms with E-state index in [1.165, 1.54) is 0 Å². The van der Waals surface area contributed by atoms with E-state index in [9.17, 15) is 14.4 Å². The van der Waals surface area contributed by atoms with Crippen LogP contribution in [0, 0.1) is 5.92 Å². The number of hydrogen-bond donors (Lipinski definition) is 1. The number of amides is 3. The van der Waals surface area contributed by atoms with Crippen molar-refractivity contribution in [3.8, 4) is 11.5 Å². The molecule has 4 rings (SSSR count). The quantitative estimate of drug-likeness (QED) is 0.792. The third kappa shape index (κ3) is 4.62. The molecular formula is C23H31N3O5. The Labute approximate surface area is 182 Å². The summed E-state index contributed by atoms with van der Waals surface area (Å²) in [4.78, 5) is 41.7. The SMILES string of the molecule is COc1ccc2c(c1)OC1(CCC(=O)N(CC(=O)N3CCCC(C)C3)CC1)CNC2=O. The molecule has 3 heterocycles. The van der Waals surface area contributed by atoms with Gasteiger partial charge in [0, 0.05) is 38.5 Å². The zero-order valence-electron chi connectivity index (χ0n) is 18.3. The fourth-order valence-electron chi connectivity index (χ4n) is 4.71. The highest BCUT2D eigenvalue weighted by Gasteiger charge is 2.41. The highest BCUT2D eigenvalue weighted by atomic mass is 16.5. The number of piperidine rings is 1. The molecule has 3 aliphatic heterocycles. The van der Waals surface area contributed by atoms with Gasteiger partial charge in [0.15, 0.2) is 0 Å². The summed E-state index contributed by atoms with van der Waals surface area (Å²) in [6, 6.07) is 5.13. The van der Waals surface area contributed by atoms with Gasteiger partial charge in [-0.15, -0.1) is 0 Å². The number of carbonyl (C=O) groups excluding carboxylic acids is 3. The number of nitrogens with zero attached hydrogens (tertiary/aromatic N) is 2. The van der Waals surface area contributed by atoms with Crippen molar-refractivity contribution in [1.29, 1.82) is 0 Å². The molecule has 0 bridgehead atoms. The number of fused-ring (bicyclic) bond motifs is 1. The Hall–Kier alpha value is -2.77. The van der Waals surface area contributed by atoms with Crippen LogP contribution in [0.25, 0.3) is 0 Å². The lowest BCUT2D eigenvalue weighted by Crippen LogP contribution is -2.47.